The van der Waals surface area contributed by atoms with E-state index < -0.39 is 55.4 Å². The number of aliphatic hydroxyl groups is 4. The molecule has 1 rings (SSSR count). The van der Waals surface area contributed by atoms with Crippen LogP contribution in [-0.4, -0.2) is 89.0 Å². The van der Waals surface area contributed by atoms with Gasteiger partial charge in [-0.2, -0.15) is 0 Å². The molecule has 0 spiro atoms. The minimum Gasteiger partial charge on any atom is -0.462 e. The molecule has 1 aliphatic rings. The zero-order chi connectivity index (χ0) is 31.7. The van der Waals surface area contributed by atoms with Crippen molar-refractivity contribution in [3.8, 4) is 0 Å². The number of hydrogen-bond acceptors (Lipinski definition) is 10. The lowest BCUT2D eigenvalue weighted by atomic mass is 9.99. The fourth-order valence-electron chi connectivity index (χ4n) is 4.63. The maximum atomic E-state index is 12.5. The number of ether oxygens (including phenoxy) is 4. The van der Waals surface area contributed by atoms with Crippen LogP contribution >= 0.6 is 0 Å². The van der Waals surface area contributed by atoms with Gasteiger partial charge in [-0.25, -0.2) is 0 Å². The Morgan fingerprint density at radius 3 is 1.98 bits per heavy atom. The summed E-state index contributed by atoms with van der Waals surface area (Å²) in [6.45, 7) is 3.15. The van der Waals surface area contributed by atoms with Crippen LogP contribution in [0.4, 0.5) is 0 Å². The van der Waals surface area contributed by atoms with Crippen LogP contribution in [0.5, 0.6) is 0 Å². The molecule has 250 valence electrons. The minimum absolute atomic E-state index is 0.214. The normalized spacial score (nSPS) is 23.2. The highest BCUT2D eigenvalue weighted by atomic mass is 16.7. The summed E-state index contributed by atoms with van der Waals surface area (Å²) in [6.07, 6.45) is 15.7. The summed E-state index contributed by atoms with van der Waals surface area (Å²) in [5, 5.41) is 39.5. The second-order valence-electron chi connectivity index (χ2n) is 11.3. The number of allylic oxidation sites excluding steroid dienone is 4. The van der Waals surface area contributed by atoms with Gasteiger partial charge in [-0.05, 0) is 44.9 Å². The lowest BCUT2D eigenvalue weighted by molar-refractivity contribution is -0.305. The standard InChI is InChI=1S/C33H58O10/c1-3-5-7-8-9-10-11-12-13-14-15-16-17-18-20-22-29(36)42-26(24-40-28(35)21-19-6-4-2)25-41-33-32(39)31(38)30(37)27(23-34)43-33/h9-10,12-13,26-27,30-34,37-39H,3-8,11,14-25H2,1-2H3/b10-9-,13-12-. The number of aliphatic hydroxyl groups excluding tert-OH is 4. The van der Waals surface area contributed by atoms with Crippen LogP contribution in [0, 0.1) is 0 Å². The summed E-state index contributed by atoms with van der Waals surface area (Å²) in [6, 6.07) is 0. The molecule has 43 heavy (non-hydrogen) atoms. The molecule has 6 atom stereocenters. The first-order valence-corrected chi connectivity index (χ1v) is 16.4. The van der Waals surface area contributed by atoms with E-state index in [4.69, 9.17) is 18.9 Å². The molecule has 10 heteroatoms. The SMILES string of the molecule is CCCCC/C=C\C/C=C\CCCCCCCC(=O)OC(COC(=O)CCCCC)COC1OC(CO)C(O)C(O)C1O. The van der Waals surface area contributed by atoms with Gasteiger partial charge in [-0.15, -0.1) is 0 Å². The average Bonchev–Trinajstić information content (AvgIpc) is 3.00. The molecule has 0 aromatic carbocycles. The van der Waals surface area contributed by atoms with Crippen molar-refractivity contribution in [1.29, 1.82) is 0 Å². The van der Waals surface area contributed by atoms with Gasteiger partial charge in [0.05, 0.1) is 13.2 Å². The second kappa shape index (κ2) is 25.5. The van der Waals surface area contributed by atoms with Crippen molar-refractivity contribution in [2.75, 3.05) is 19.8 Å². The number of esters is 2. The van der Waals surface area contributed by atoms with Crippen LogP contribution in [0.1, 0.15) is 117 Å². The number of hydrogen-bond donors (Lipinski definition) is 4. The molecule has 1 saturated heterocycles. The molecule has 1 aliphatic heterocycles. The Hall–Kier alpha value is -1.82. The van der Waals surface area contributed by atoms with Crippen molar-refractivity contribution in [3.05, 3.63) is 24.3 Å². The number of rotatable bonds is 25. The highest BCUT2D eigenvalue weighted by Crippen LogP contribution is 2.22. The van der Waals surface area contributed by atoms with E-state index in [9.17, 15) is 30.0 Å². The van der Waals surface area contributed by atoms with E-state index in [1.54, 1.807) is 0 Å². The summed E-state index contributed by atoms with van der Waals surface area (Å²) in [5.41, 5.74) is 0. The van der Waals surface area contributed by atoms with Crippen LogP contribution in [-0.2, 0) is 28.5 Å². The Morgan fingerprint density at radius 1 is 0.721 bits per heavy atom. The third kappa shape index (κ3) is 18.6. The van der Waals surface area contributed by atoms with E-state index in [0.29, 0.717) is 12.8 Å². The number of unbranched alkanes of at least 4 members (excludes halogenated alkanes) is 10. The van der Waals surface area contributed by atoms with Crippen molar-refractivity contribution in [3.63, 3.8) is 0 Å². The van der Waals surface area contributed by atoms with Gasteiger partial charge in [0.15, 0.2) is 12.4 Å². The predicted molar refractivity (Wildman–Crippen MR) is 164 cm³/mol. The van der Waals surface area contributed by atoms with Crippen LogP contribution in [0.15, 0.2) is 24.3 Å². The molecule has 1 heterocycles. The molecule has 0 aromatic heterocycles. The zero-order valence-electron chi connectivity index (χ0n) is 26.4. The summed E-state index contributed by atoms with van der Waals surface area (Å²) in [7, 11) is 0. The first-order valence-electron chi connectivity index (χ1n) is 16.4. The highest BCUT2D eigenvalue weighted by Gasteiger charge is 2.44. The van der Waals surface area contributed by atoms with Gasteiger partial charge in [0.1, 0.15) is 31.0 Å². The summed E-state index contributed by atoms with van der Waals surface area (Å²) in [5.74, 6) is -0.855. The van der Waals surface area contributed by atoms with Gasteiger partial charge in [0.2, 0.25) is 0 Å². The quantitative estimate of drug-likeness (QED) is 0.0649. The van der Waals surface area contributed by atoms with Crippen LogP contribution in [0.25, 0.3) is 0 Å². The van der Waals surface area contributed by atoms with E-state index in [1.165, 1.54) is 25.7 Å². The Bertz CT molecular complexity index is 769. The van der Waals surface area contributed by atoms with Gasteiger partial charge in [-0.3, -0.25) is 9.59 Å². The van der Waals surface area contributed by atoms with E-state index >= 15 is 0 Å². The lowest BCUT2D eigenvalue weighted by Crippen LogP contribution is -2.59. The van der Waals surface area contributed by atoms with Crippen molar-refractivity contribution < 1.29 is 49.0 Å². The topological polar surface area (TPSA) is 152 Å². The van der Waals surface area contributed by atoms with E-state index in [0.717, 1.165) is 51.4 Å². The lowest BCUT2D eigenvalue weighted by Gasteiger charge is -2.39. The third-order valence-electron chi connectivity index (χ3n) is 7.34. The fourth-order valence-corrected chi connectivity index (χ4v) is 4.63. The predicted octanol–water partition coefficient (Wildman–Crippen LogP) is 4.65. The van der Waals surface area contributed by atoms with Gasteiger partial charge >= 0.3 is 11.9 Å². The zero-order valence-corrected chi connectivity index (χ0v) is 26.4. The molecule has 0 amide bonds. The largest absolute Gasteiger partial charge is 0.462 e. The van der Waals surface area contributed by atoms with Crippen molar-refractivity contribution in [2.45, 2.75) is 153 Å². The molecular weight excluding hydrogens is 556 g/mol. The van der Waals surface area contributed by atoms with Crippen molar-refractivity contribution in [2.24, 2.45) is 0 Å². The third-order valence-corrected chi connectivity index (χ3v) is 7.34. The molecule has 0 radical (unpaired) electrons. The maximum absolute atomic E-state index is 12.5. The molecule has 1 fully saturated rings. The highest BCUT2D eigenvalue weighted by molar-refractivity contribution is 5.70. The Kier molecular flexibility index (Phi) is 23.3. The van der Waals surface area contributed by atoms with E-state index in [1.807, 2.05) is 6.92 Å². The molecule has 0 aromatic rings. The van der Waals surface area contributed by atoms with Crippen LogP contribution in [0.2, 0.25) is 0 Å². The van der Waals surface area contributed by atoms with Gasteiger partial charge in [-0.1, -0.05) is 83.1 Å². The Balaban J connectivity index is 2.38. The monoisotopic (exact) mass is 614 g/mol. The first-order chi connectivity index (χ1) is 20.8. The number of carbonyl (C=O) groups is 2. The molecule has 4 N–H and O–H groups in total. The molecule has 0 bridgehead atoms. The summed E-state index contributed by atoms with van der Waals surface area (Å²) >= 11 is 0. The van der Waals surface area contributed by atoms with Crippen molar-refractivity contribution in [1.82, 2.24) is 0 Å². The fraction of sp³-hybridized carbons (Fsp3) is 0.818. The average molecular weight is 615 g/mol. The Labute approximate surface area is 258 Å². The molecule has 0 aliphatic carbocycles. The maximum Gasteiger partial charge on any atom is 0.306 e. The molecule has 0 saturated carbocycles. The van der Waals surface area contributed by atoms with E-state index in [2.05, 4.69) is 31.2 Å². The van der Waals surface area contributed by atoms with Crippen molar-refractivity contribution >= 4 is 11.9 Å². The van der Waals surface area contributed by atoms with Gasteiger partial charge in [0.25, 0.3) is 0 Å². The van der Waals surface area contributed by atoms with Crippen LogP contribution in [0.3, 0.4) is 0 Å². The number of carbonyl (C=O) groups excluding carboxylic acids is 2. The minimum atomic E-state index is -1.59. The van der Waals surface area contributed by atoms with Gasteiger partial charge < -0.3 is 39.4 Å². The molecular formula is C33H58O10. The van der Waals surface area contributed by atoms with Gasteiger partial charge in [0, 0.05) is 12.8 Å². The van der Waals surface area contributed by atoms with Crippen LogP contribution < -0.4 is 0 Å². The molecule has 10 nitrogen and oxygen atoms in total. The second-order valence-corrected chi connectivity index (χ2v) is 11.3. The summed E-state index contributed by atoms with van der Waals surface area (Å²) in [4.78, 5) is 24.6. The smallest absolute Gasteiger partial charge is 0.306 e. The summed E-state index contributed by atoms with van der Waals surface area (Å²) < 4.78 is 21.7. The Morgan fingerprint density at radius 2 is 1.30 bits per heavy atom. The molecule has 6 unspecified atom stereocenters. The van der Waals surface area contributed by atoms with E-state index in [-0.39, 0.29) is 26.1 Å². The first kappa shape index (κ1) is 39.2.